The summed E-state index contributed by atoms with van der Waals surface area (Å²) in [6.07, 6.45) is 2.16. The quantitative estimate of drug-likeness (QED) is 0.444. The number of sulfonamides is 1. The minimum Gasteiger partial charge on any atom is -0.492 e. The minimum atomic E-state index is -3.43. The van der Waals surface area contributed by atoms with Gasteiger partial charge in [0.05, 0.1) is 11.4 Å². The van der Waals surface area contributed by atoms with E-state index in [0.29, 0.717) is 38.4 Å². The summed E-state index contributed by atoms with van der Waals surface area (Å²) in [5.74, 6) is 0.503. The van der Waals surface area contributed by atoms with Gasteiger partial charge in [0.2, 0.25) is 15.9 Å². The Morgan fingerprint density at radius 3 is 1.97 bits per heavy atom. The molecule has 0 bridgehead atoms. The van der Waals surface area contributed by atoms with E-state index in [2.05, 4.69) is 5.32 Å². The highest BCUT2D eigenvalue weighted by Crippen LogP contribution is 2.28. The fraction of sp³-hybridized carbons (Fsp3) is 0.296. The first-order valence-corrected chi connectivity index (χ1v) is 13.1. The van der Waals surface area contributed by atoms with Crippen LogP contribution in [0.25, 0.3) is 0 Å². The molecular weight excluding hydrogens is 448 g/mol. The third-order valence-corrected chi connectivity index (χ3v) is 7.93. The SMILES string of the molecule is O=C(CC(c1ccccc1)c1ccccc1)NCCOc1ccc(S(=O)(=O)N2CCCC2)cc1. The summed E-state index contributed by atoms with van der Waals surface area (Å²) in [6, 6.07) is 26.5. The van der Waals surface area contributed by atoms with Crippen LogP contribution >= 0.6 is 0 Å². The van der Waals surface area contributed by atoms with Crippen LogP contribution in [0.5, 0.6) is 5.75 Å². The number of nitrogens with one attached hydrogen (secondary N) is 1. The Kier molecular flexibility index (Phi) is 7.98. The number of nitrogens with zero attached hydrogens (tertiary/aromatic N) is 1. The molecule has 1 aliphatic heterocycles. The van der Waals surface area contributed by atoms with Gasteiger partial charge in [-0.1, -0.05) is 60.7 Å². The number of benzene rings is 3. The third kappa shape index (κ3) is 6.04. The lowest BCUT2D eigenvalue weighted by Crippen LogP contribution is -2.29. The zero-order valence-corrected chi connectivity index (χ0v) is 19.9. The predicted octanol–water partition coefficient (Wildman–Crippen LogP) is 4.19. The van der Waals surface area contributed by atoms with Crippen molar-refractivity contribution < 1.29 is 17.9 Å². The molecule has 0 unspecified atom stereocenters. The molecule has 0 atom stereocenters. The Morgan fingerprint density at radius 1 is 0.853 bits per heavy atom. The number of amides is 1. The van der Waals surface area contributed by atoms with E-state index in [4.69, 9.17) is 4.74 Å². The second-order valence-corrected chi connectivity index (χ2v) is 10.3. The number of carbonyl (C=O) groups is 1. The summed E-state index contributed by atoms with van der Waals surface area (Å²) < 4.78 is 32.4. The Labute approximate surface area is 201 Å². The van der Waals surface area contributed by atoms with Crippen LogP contribution in [0, 0.1) is 0 Å². The Bertz CT molecular complexity index is 1120. The van der Waals surface area contributed by atoms with E-state index in [1.54, 1.807) is 24.3 Å². The molecule has 178 valence electrons. The van der Waals surface area contributed by atoms with Gasteiger partial charge in [-0.3, -0.25) is 4.79 Å². The molecule has 1 saturated heterocycles. The van der Waals surface area contributed by atoms with Gasteiger partial charge in [0, 0.05) is 25.4 Å². The van der Waals surface area contributed by atoms with Crippen molar-refractivity contribution in [2.24, 2.45) is 0 Å². The van der Waals surface area contributed by atoms with Crippen LogP contribution in [0.15, 0.2) is 89.8 Å². The van der Waals surface area contributed by atoms with Crippen molar-refractivity contribution in [3.63, 3.8) is 0 Å². The highest BCUT2D eigenvalue weighted by atomic mass is 32.2. The normalized spacial score (nSPS) is 14.3. The zero-order chi connectivity index (χ0) is 23.8. The Morgan fingerprint density at radius 2 is 1.41 bits per heavy atom. The van der Waals surface area contributed by atoms with E-state index in [1.165, 1.54) is 4.31 Å². The van der Waals surface area contributed by atoms with E-state index in [1.807, 2.05) is 60.7 Å². The molecule has 1 amide bonds. The highest BCUT2D eigenvalue weighted by Gasteiger charge is 2.27. The summed E-state index contributed by atoms with van der Waals surface area (Å²) in [6.45, 7) is 1.82. The van der Waals surface area contributed by atoms with Crippen molar-refractivity contribution in [1.29, 1.82) is 0 Å². The van der Waals surface area contributed by atoms with Crippen LogP contribution < -0.4 is 10.1 Å². The first-order chi connectivity index (χ1) is 16.5. The van der Waals surface area contributed by atoms with Crippen LogP contribution in [0.4, 0.5) is 0 Å². The highest BCUT2D eigenvalue weighted by molar-refractivity contribution is 7.89. The third-order valence-electron chi connectivity index (χ3n) is 6.01. The second-order valence-electron chi connectivity index (χ2n) is 8.36. The standard InChI is InChI=1S/C27H30N2O4S/c30-27(21-26(22-9-3-1-4-10-22)23-11-5-2-6-12-23)28-17-20-33-24-13-15-25(16-14-24)34(31,32)29-18-7-8-19-29/h1-6,9-16,26H,7-8,17-21H2,(H,28,30). The van der Waals surface area contributed by atoms with E-state index >= 15 is 0 Å². The molecule has 34 heavy (non-hydrogen) atoms. The number of hydrogen-bond donors (Lipinski definition) is 1. The number of ether oxygens (including phenoxy) is 1. The topological polar surface area (TPSA) is 75.7 Å². The largest absolute Gasteiger partial charge is 0.492 e. The maximum atomic E-state index is 12.7. The van der Waals surface area contributed by atoms with Crippen LogP contribution in [0.2, 0.25) is 0 Å². The first kappa shape index (κ1) is 24.0. The maximum absolute atomic E-state index is 12.7. The molecule has 6 nitrogen and oxygen atoms in total. The first-order valence-electron chi connectivity index (χ1n) is 11.6. The average Bonchev–Trinajstić information content (AvgIpc) is 3.43. The summed E-state index contributed by atoms with van der Waals surface area (Å²) in [4.78, 5) is 12.9. The molecule has 0 spiro atoms. The smallest absolute Gasteiger partial charge is 0.243 e. The fourth-order valence-electron chi connectivity index (χ4n) is 4.20. The molecule has 3 aromatic rings. The van der Waals surface area contributed by atoms with E-state index in [9.17, 15) is 13.2 Å². The number of rotatable bonds is 10. The fourth-order valence-corrected chi connectivity index (χ4v) is 5.72. The molecule has 0 radical (unpaired) electrons. The molecule has 1 N–H and O–H groups in total. The van der Waals surface area contributed by atoms with Crippen molar-refractivity contribution in [3.05, 3.63) is 96.1 Å². The Balaban J connectivity index is 1.27. The summed E-state index contributed by atoms with van der Waals surface area (Å²) >= 11 is 0. The summed E-state index contributed by atoms with van der Waals surface area (Å²) in [5.41, 5.74) is 2.20. The van der Waals surface area contributed by atoms with Gasteiger partial charge in [-0.25, -0.2) is 8.42 Å². The van der Waals surface area contributed by atoms with Crippen LogP contribution in [0.1, 0.15) is 36.3 Å². The lowest BCUT2D eigenvalue weighted by atomic mass is 9.88. The van der Waals surface area contributed by atoms with Crippen molar-refractivity contribution in [3.8, 4) is 5.75 Å². The van der Waals surface area contributed by atoms with Gasteiger partial charge in [0.25, 0.3) is 0 Å². The molecule has 0 aliphatic carbocycles. The van der Waals surface area contributed by atoms with Crippen LogP contribution in [-0.2, 0) is 14.8 Å². The Hall–Kier alpha value is -3.16. The molecule has 0 aromatic heterocycles. The van der Waals surface area contributed by atoms with Gasteiger partial charge < -0.3 is 10.1 Å². The van der Waals surface area contributed by atoms with Gasteiger partial charge in [-0.2, -0.15) is 4.31 Å². The lowest BCUT2D eigenvalue weighted by Gasteiger charge is -2.18. The number of carbonyl (C=O) groups excluding carboxylic acids is 1. The van der Waals surface area contributed by atoms with E-state index < -0.39 is 10.0 Å². The zero-order valence-electron chi connectivity index (χ0n) is 19.1. The molecule has 7 heteroatoms. The van der Waals surface area contributed by atoms with Gasteiger partial charge in [-0.05, 0) is 48.2 Å². The average molecular weight is 479 g/mol. The predicted molar refractivity (Wildman–Crippen MR) is 132 cm³/mol. The van der Waals surface area contributed by atoms with E-state index in [0.717, 1.165) is 24.0 Å². The molecule has 0 saturated carbocycles. The van der Waals surface area contributed by atoms with Crippen molar-refractivity contribution in [2.75, 3.05) is 26.2 Å². The summed E-state index contributed by atoms with van der Waals surface area (Å²) in [7, 11) is -3.43. The molecule has 1 aliphatic rings. The van der Waals surface area contributed by atoms with Crippen molar-refractivity contribution >= 4 is 15.9 Å². The number of hydrogen-bond acceptors (Lipinski definition) is 4. The molecular formula is C27H30N2O4S. The molecule has 1 heterocycles. The monoisotopic (exact) mass is 478 g/mol. The van der Waals surface area contributed by atoms with Gasteiger partial charge in [0.15, 0.2) is 0 Å². The lowest BCUT2D eigenvalue weighted by molar-refractivity contribution is -0.121. The van der Waals surface area contributed by atoms with Crippen LogP contribution in [0.3, 0.4) is 0 Å². The maximum Gasteiger partial charge on any atom is 0.243 e. The molecule has 4 rings (SSSR count). The minimum absolute atomic E-state index is 0.0200. The van der Waals surface area contributed by atoms with Crippen molar-refractivity contribution in [2.45, 2.75) is 30.1 Å². The van der Waals surface area contributed by atoms with Gasteiger partial charge >= 0.3 is 0 Å². The second kappa shape index (κ2) is 11.3. The summed E-state index contributed by atoms with van der Waals surface area (Å²) in [5, 5.41) is 2.93. The van der Waals surface area contributed by atoms with Gasteiger partial charge in [0.1, 0.15) is 12.4 Å². The van der Waals surface area contributed by atoms with Crippen molar-refractivity contribution in [1.82, 2.24) is 9.62 Å². The van der Waals surface area contributed by atoms with Crippen LogP contribution in [-0.4, -0.2) is 44.9 Å². The van der Waals surface area contributed by atoms with E-state index in [-0.39, 0.29) is 16.7 Å². The molecule has 3 aromatic carbocycles. The molecule has 1 fully saturated rings. The van der Waals surface area contributed by atoms with Gasteiger partial charge in [-0.15, -0.1) is 0 Å².